The van der Waals surface area contributed by atoms with Crippen molar-refractivity contribution in [2.24, 2.45) is 0 Å². The Labute approximate surface area is 203 Å². The topological polar surface area (TPSA) is 99.8 Å². The van der Waals surface area contributed by atoms with Crippen molar-refractivity contribution in [2.75, 3.05) is 46.4 Å². The molecule has 9 nitrogen and oxygen atoms in total. The molecule has 34 heavy (non-hydrogen) atoms. The van der Waals surface area contributed by atoms with E-state index in [1.54, 1.807) is 35.5 Å². The number of hydrogen-bond donors (Lipinski definition) is 2. The standard InChI is InChI=1S/C24H31N5O4S/c1-24(2,3)33-23(31)29-13-11-28(12-14-29)10-9-25-22(30)16-7-8-17(32-4)20-19(16)26-21(27-20)18-6-5-15-34-18/h5-8,15H,9-14H2,1-4H3,(H,25,30)(H,26,27). The number of H-pyrrole nitrogens is 1. The van der Waals surface area contributed by atoms with E-state index in [2.05, 4.69) is 20.2 Å². The van der Waals surface area contributed by atoms with Crippen LogP contribution in [0.5, 0.6) is 5.75 Å². The fraction of sp³-hybridized carbons (Fsp3) is 0.458. The summed E-state index contributed by atoms with van der Waals surface area (Å²) in [6, 6.07) is 7.47. The van der Waals surface area contributed by atoms with Gasteiger partial charge in [-0.2, -0.15) is 0 Å². The number of aromatic amines is 1. The SMILES string of the molecule is COc1ccc(C(=O)NCCN2CCN(C(=O)OC(C)(C)C)CC2)c2nc(-c3cccs3)[nH]c12. The molecule has 0 saturated carbocycles. The van der Waals surface area contributed by atoms with Crippen LogP contribution in [0, 0.1) is 0 Å². The number of nitrogens with zero attached hydrogens (tertiary/aromatic N) is 3. The molecule has 0 radical (unpaired) electrons. The second kappa shape index (κ2) is 10.0. The molecule has 2 amide bonds. The first-order valence-electron chi connectivity index (χ1n) is 11.3. The zero-order chi connectivity index (χ0) is 24.3. The van der Waals surface area contributed by atoms with Crippen molar-refractivity contribution in [3.05, 3.63) is 35.2 Å². The smallest absolute Gasteiger partial charge is 0.410 e. The van der Waals surface area contributed by atoms with Crippen LogP contribution in [0.15, 0.2) is 29.6 Å². The number of thiophene rings is 1. The maximum absolute atomic E-state index is 13.0. The lowest BCUT2D eigenvalue weighted by molar-refractivity contribution is 0.0147. The van der Waals surface area contributed by atoms with E-state index in [-0.39, 0.29) is 12.0 Å². The number of ether oxygens (including phenoxy) is 2. The molecule has 4 rings (SSSR count). The van der Waals surface area contributed by atoms with Crippen molar-refractivity contribution in [3.8, 4) is 16.5 Å². The summed E-state index contributed by atoms with van der Waals surface area (Å²) in [6.45, 7) is 9.51. The number of carbonyl (C=O) groups is 2. The van der Waals surface area contributed by atoms with Gasteiger partial charge in [-0.15, -0.1) is 11.3 Å². The lowest BCUT2D eigenvalue weighted by Gasteiger charge is -2.35. The number of fused-ring (bicyclic) bond motifs is 1. The lowest BCUT2D eigenvalue weighted by Crippen LogP contribution is -2.51. The maximum Gasteiger partial charge on any atom is 0.410 e. The van der Waals surface area contributed by atoms with E-state index >= 15 is 0 Å². The van der Waals surface area contributed by atoms with E-state index in [1.807, 2.05) is 38.3 Å². The zero-order valence-electron chi connectivity index (χ0n) is 20.0. The van der Waals surface area contributed by atoms with Gasteiger partial charge in [0, 0.05) is 39.3 Å². The first-order chi connectivity index (χ1) is 16.2. The molecule has 0 bridgehead atoms. The number of nitrogens with one attached hydrogen (secondary N) is 2. The minimum atomic E-state index is -0.496. The van der Waals surface area contributed by atoms with E-state index in [9.17, 15) is 9.59 Å². The quantitative estimate of drug-likeness (QED) is 0.554. The molecular formula is C24H31N5O4S. The van der Waals surface area contributed by atoms with Crippen LogP contribution < -0.4 is 10.1 Å². The van der Waals surface area contributed by atoms with Gasteiger partial charge < -0.3 is 24.7 Å². The molecule has 182 valence electrons. The average Bonchev–Trinajstić information content (AvgIpc) is 3.47. The third kappa shape index (κ3) is 5.51. The largest absolute Gasteiger partial charge is 0.494 e. The monoisotopic (exact) mass is 485 g/mol. The summed E-state index contributed by atoms with van der Waals surface area (Å²) in [5, 5.41) is 4.99. The van der Waals surface area contributed by atoms with E-state index in [0.29, 0.717) is 54.3 Å². The second-order valence-corrected chi connectivity index (χ2v) is 10.1. The van der Waals surface area contributed by atoms with Gasteiger partial charge in [-0.05, 0) is 44.4 Å². The Morgan fingerprint density at radius 3 is 2.59 bits per heavy atom. The normalized spacial score (nSPS) is 14.9. The maximum atomic E-state index is 13.0. The second-order valence-electron chi connectivity index (χ2n) is 9.17. The molecule has 0 spiro atoms. The Morgan fingerprint density at radius 1 is 1.18 bits per heavy atom. The number of aromatic nitrogens is 2. The molecule has 1 saturated heterocycles. The highest BCUT2D eigenvalue weighted by molar-refractivity contribution is 7.13. The fourth-order valence-electron chi connectivity index (χ4n) is 3.85. The van der Waals surface area contributed by atoms with Gasteiger partial charge in [0.05, 0.1) is 17.6 Å². The molecule has 2 N–H and O–H groups in total. The summed E-state index contributed by atoms with van der Waals surface area (Å²) >= 11 is 1.58. The highest BCUT2D eigenvalue weighted by Crippen LogP contribution is 2.31. The predicted molar refractivity (Wildman–Crippen MR) is 133 cm³/mol. The average molecular weight is 486 g/mol. The fourth-order valence-corrected chi connectivity index (χ4v) is 4.52. The molecule has 0 unspecified atom stereocenters. The number of piperazine rings is 1. The van der Waals surface area contributed by atoms with Crippen molar-refractivity contribution < 1.29 is 19.1 Å². The summed E-state index contributed by atoms with van der Waals surface area (Å²) < 4.78 is 10.9. The number of imidazole rings is 1. The molecular weight excluding hydrogens is 454 g/mol. The molecule has 2 aromatic heterocycles. The summed E-state index contributed by atoms with van der Waals surface area (Å²) in [6.07, 6.45) is -0.273. The van der Waals surface area contributed by atoms with Gasteiger partial charge in [0.15, 0.2) is 0 Å². The Hall–Kier alpha value is -3.11. The van der Waals surface area contributed by atoms with Gasteiger partial charge in [-0.25, -0.2) is 9.78 Å². The number of benzene rings is 1. The first-order valence-corrected chi connectivity index (χ1v) is 12.2. The van der Waals surface area contributed by atoms with Crippen LogP contribution in [0.3, 0.4) is 0 Å². The molecule has 0 atom stereocenters. The van der Waals surface area contributed by atoms with Crippen LogP contribution in [0.25, 0.3) is 21.7 Å². The van der Waals surface area contributed by atoms with Crippen LogP contribution >= 0.6 is 11.3 Å². The van der Waals surface area contributed by atoms with Gasteiger partial charge >= 0.3 is 6.09 Å². The van der Waals surface area contributed by atoms with Gasteiger partial charge in [0.2, 0.25) is 0 Å². The zero-order valence-corrected chi connectivity index (χ0v) is 20.8. The molecule has 1 aliphatic heterocycles. The van der Waals surface area contributed by atoms with Crippen LogP contribution in [0.1, 0.15) is 31.1 Å². The first kappa shape index (κ1) is 24.0. The van der Waals surface area contributed by atoms with E-state index < -0.39 is 5.60 Å². The molecule has 1 aliphatic rings. The molecule has 0 aliphatic carbocycles. The number of methoxy groups -OCH3 is 1. The van der Waals surface area contributed by atoms with E-state index in [4.69, 9.17) is 9.47 Å². The van der Waals surface area contributed by atoms with E-state index in [0.717, 1.165) is 18.0 Å². The Bertz CT molecular complexity index is 1140. The van der Waals surface area contributed by atoms with Crippen molar-refractivity contribution in [1.29, 1.82) is 0 Å². The minimum Gasteiger partial charge on any atom is -0.494 e. The van der Waals surface area contributed by atoms with Crippen molar-refractivity contribution in [1.82, 2.24) is 25.1 Å². The van der Waals surface area contributed by atoms with Crippen LogP contribution in [0.4, 0.5) is 4.79 Å². The van der Waals surface area contributed by atoms with Crippen LogP contribution in [-0.4, -0.2) is 83.7 Å². The highest BCUT2D eigenvalue weighted by atomic mass is 32.1. The third-order valence-corrected chi connectivity index (χ3v) is 6.44. The number of rotatable bonds is 6. The number of amides is 2. The highest BCUT2D eigenvalue weighted by Gasteiger charge is 2.26. The van der Waals surface area contributed by atoms with Crippen LogP contribution in [-0.2, 0) is 4.74 Å². The van der Waals surface area contributed by atoms with Gasteiger partial charge in [-0.3, -0.25) is 9.69 Å². The molecule has 1 fully saturated rings. The summed E-state index contributed by atoms with van der Waals surface area (Å²) in [4.78, 5) is 38.1. The van der Waals surface area contributed by atoms with Crippen molar-refractivity contribution in [2.45, 2.75) is 26.4 Å². The van der Waals surface area contributed by atoms with Crippen molar-refractivity contribution >= 4 is 34.4 Å². The molecule has 10 heteroatoms. The van der Waals surface area contributed by atoms with E-state index in [1.165, 1.54) is 0 Å². The Kier molecular flexibility index (Phi) is 7.08. The summed E-state index contributed by atoms with van der Waals surface area (Å²) in [5.41, 5.74) is 1.30. The number of hydrogen-bond acceptors (Lipinski definition) is 7. The van der Waals surface area contributed by atoms with Gasteiger partial charge in [0.1, 0.15) is 28.2 Å². The Balaban J connectivity index is 1.34. The molecule has 3 heterocycles. The van der Waals surface area contributed by atoms with Crippen molar-refractivity contribution in [3.63, 3.8) is 0 Å². The predicted octanol–water partition coefficient (Wildman–Crippen LogP) is 3.58. The third-order valence-electron chi connectivity index (χ3n) is 5.56. The lowest BCUT2D eigenvalue weighted by atomic mass is 10.1. The summed E-state index contributed by atoms with van der Waals surface area (Å²) in [7, 11) is 1.60. The van der Waals surface area contributed by atoms with Crippen LogP contribution in [0.2, 0.25) is 0 Å². The summed E-state index contributed by atoms with van der Waals surface area (Å²) in [5.74, 6) is 1.18. The van der Waals surface area contributed by atoms with Gasteiger partial charge in [-0.1, -0.05) is 6.07 Å². The van der Waals surface area contributed by atoms with Gasteiger partial charge in [0.25, 0.3) is 5.91 Å². The molecule has 3 aromatic rings. The number of carbonyl (C=O) groups excluding carboxylic acids is 2. The molecule has 1 aromatic carbocycles. The minimum absolute atomic E-state index is 0.177. The Morgan fingerprint density at radius 2 is 1.94 bits per heavy atom.